The van der Waals surface area contributed by atoms with Crippen molar-refractivity contribution >= 4 is 11.6 Å². The molecule has 0 unspecified atom stereocenters. The molecule has 21 heavy (non-hydrogen) atoms. The number of aryl methyl sites for hydroxylation is 1. The van der Waals surface area contributed by atoms with E-state index in [2.05, 4.69) is 23.6 Å². The first-order valence-corrected chi connectivity index (χ1v) is 8.36. The molecule has 1 aliphatic carbocycles. The summed E-state index contributed by atoms with van der Waals surface area (Å²) in [6.07, 6.45) is 8.38. The maximum Gasteiger partial charge on any atom is 0.253 e. The molecule has 2 rings (SSSR count). The molecule has 1 aromatic rings. The topological polar surface area (TPSA) is 41.1 Å². The van der Waals surface area contributed by atoms with Crippen molar-refractivity contribution < 1.29 is 4.79 Å². The second kappa shape index (κ2) is 8.06. The number of hydrogen-bond acceptors (Lipinski definition) is 2. The maximum absolute atomic E-state index is 12.6. The maximum atomic E-state index is 12.6. The number of carbonyl (C=O) groups excluding carboxylic acids is 1. The van der Waals surface area contributed by atoms with Crippen molar-refractivity contribution in [1.82, 2.24) is 5.32 Å². The van der Waals surface area contributed by atoms with E-state index in [0.29, 0.717) is 6.04 Å². The number of carbonyl (C=O) groups is 1. The monoisotopic (exact) mass is 288 g/mol. The molecule has 1 fully saturated rings. The quantitative estimate of drug-likeness (QED) is 0.794. The Labute approximate surface area is 128 Å². The van der Waals surface area contributed by atoms with Crippen LogP contribution in [0, 0.1) is 6.92 Å². The predicted molar refractivity (Wildman–Crippen MR) is 88.9 cm³/mol. The largest absolute Gasteiger partial charge is 0.384 e. The highest BCUT2D eigenvalue weighted by atomic mass is 16.1. The van der Waals surface area contributed by atoms with Crippen LogP contribution in [0.15, 0.2) is 18.2 Å². The fraction of sp³-hybridized carbons (Fsp3) is 0.611. The zero-order valence-electron chi connectivity index (χ0n) is 13.4. The molecule has 1 saturated carbocycles. The average molecular weight is 288 g/mol. The van der Waals surface area contributed by atoms with E-state index in [-0.39, 0.29) is 5.91 Å². The third-order valence-electron chi connectivity index (χ3n) is 4.18. The lowest BCUT2D eigenvalue weighted by atomic mass is 10.1. The van der Waals surface area contributed by atoms with E-state index >= 15 is 0 Å². The lowest BCUT2D eigenvalue weighted by Crippen LogP contribution is -2.34. The van der Waals surface area contributed by atoms with Gasteiger partial charge in [-0.2, -0.15) is 0 Å². The molecule has 0 heterocycles. The van der Waals surface area contributed by atoms with E-state index in [1.54, 1.807) is 0 Å². The number of nitrogens with one attached hydrogen (secondary N) is 2. The summed E-state index contributed by atoms with van der Waals surface area (Å²) in [6.45, 7) is 5.06. The molecule has 0 radical (unpaired) electrons. The van der Waals surface area contributed by atoms with Crippen molar-refractivity contribution in [2.45, 2.75) is 64.8 Å². The van der Waals surface area contributed by atoms with Crippen LogP contribution in [0.1, 0.15) is 67.8 Å². The molecule has 0 aromatic heterocycles. The molecule has 2 N–H and O–H groups in total. The van der Waals surface area contributed by atoms with Gasteiger partial charge in [-0.25, -0.2) is 0 Å². The van der Waals surface area contributed by atoms with Crippen LogP contribution >= 0.6 is 0 Å². The average Bonchev–Trinajstić information content (AvgIpc) is 2.74. The molecule has 0 atom stereocenters. The molecule has 0 spiro atoms. The van der Waals surface area contributed by atoms with Crippen LogP contribution in [0.2, 0.25) is 0 Å². The Morgan fingerprint density at radius 1 is 1.19 bits per heavy atom. The second-order valence-electron chi connectivity index (χ2n) is 6.14. The third-order valence-corrected chi connectivity index (χ3v) is 4.18. The van der Waals surface area contributed by atoms with Crippen LogP contribution in [-0.2, 0) is 0 Å². The van der Waals surface area contributed by atoms with Gasteiger partial charge in [0.1, 0.15) is 0 Å². The SMILES string of the molecule is CCCNc1ccc(C)cc1C(=O)NC1CCCCCC1. The van der Waals surface area contributed by atoms with Gasteiger partial charge in [0.25, 0.3) is 5.91 Å². The van der Waals surface area contributed by atoms with Crippen LogP contribution < -0.4 is 10.6 Å². The summed E-state index contributed by atoms with van der Waals surface area (Å²) < 4.78 is 0. The minimum atomic E-state index is 0.0733. The third kappa shape index (κ3) is 4.76. The number of benzene rings is 1. The van der Waals surface area contributed by atoms with E-state index in [1.807, 2.05) is 19.1 Å². The van der Waals surface area contributed by atoms with E-state index in [4.69, 9.17) is 0 Å². The van der Waals surface area contributed by atoms with Crippen LogP contribution in [-0.4, -0.2) is 18.5 Å². The molecule has 0 saturated heterocycles. The van der Waals surface area contributed by atoms with E-state index in [0.717, 1.165) is 42.6 Å². The van der Waals surface area contributed by atoms with E-state index in [1.165, 1.54) is 25.7 Å². The highest BCUT2D eigenvalue weighted by Crippen LogP contribution is 2.20. The number of hydrogen-bond donors (Lipinski definition) is 2. The van der Waals surface area contributed by atoms with Gasteiger partial charge in [0, 0.05) is 18.3 Å². The summed E-state index contributed by atoms with van der Waals surface area (Å²) in [5, 5.41) is 6.60. The molecule has 1 aliphatic rings. The fourth-order valence-electron chi connectivity index (χ4n) is 2.95. The summed E-state index contributed by atoms with van der Waals surface area (Å²) in [5.41, 5.74) is 2.87. The highest BCUT2D eigenvalue weighted by Gasteiger charge is 2.17. The summed E-state index contributed by atoms with van der Waals surface area (Å²) in [6, 6.07) is 6.41. The number of rotatable bonds is 5. The Morgan fingerprint density at radius 3 is 2.57 bits per heavy atom. The molecule has 1 aromatic carbocycles. The fourth-order valence-corrected chi connectivity index (χ4v) is 2.95. The van der Waals surface area contributed by atoms with Gasteiger partial charge in [0.2, 0.25) is 0 Å². The lowest BCUT2D eigenvalue weighted by molar-refractivity contribution is 0.0934. The smallest absolute Gasteiger partial charge is 0.253 e. The summed E-state index contributed by atoms with van der Waals surface area (Å²) in [5.74, 6) is 0.0733. The highest BCUT2D eigenvalue weighted by molar-refractivity contribution is 6.00. The number of amides is 1. The molecule has 0 bridgehead atoms. The van der Waals surface area contributed by atoms with Crippen LogP contribution in [0.5, 0.6) is 0 Å². The summed E-state index contributed by atoms with van der Waals surface area (Å²) >= 11 is 0. The van der Waals surface area contributed by atoms with Gasteiger partial charge < -0.3 is 10.6 Å². The second-order valence-corrected chi connectivity index (χ2v) is 6.14. The van der Waals surface area contributed by atoms with Crippen molar-refractivity contribution in [2.24, 2.45) is 0 Å². The molecule has 0 aliphatic heterocycles. The van der Waals surface area contributed by atoms with Crippen LogP contribution in [0.25, 0.3) is 0 Å². The predicted octanol–water partition coefficient (Wildman–Crippen LogP) is 4.27. The zero-order chi connectivity index (χ0) is 15.1. The Balaban J connectivity index is 2.07. The molecular formula is C18H28N2O. The standard InChI is InChI=1S/C18H28N2O/c1-3-12-19-17-11-10-14(2)13-16(17)18(21)20-15-8-6-4-5-7-9-15/h10-11,13,15,19H,3-9,12H2,1-2H3,(H,20,21). The molecule has 3 nitrogen and oxygen atoms in total. The van der Waals surface area contributed by atoms with Crippen molar-refractivity contribution in [2.75, 3.05) is 11.9 Å². The van der Waals surface area contributed by atoms with Gasteiger partial charge in [-0.05, 0) is 38.3 Å². The van der Waals surface area contributed by atoms with Crippen molar-refractivity contribution in [3.05, 3.63) is 29.3 Å². The normalized spacial score (nSPS) is 16.3. The number of anilines is 1. The minimum Gasteiger partial charge on any atom is -0.384 e. The van der Waals surface area contributed by atoms with E-state index < -0.39 is 0 Å². The van der Waals surface area contributed by atoms with Gasteiger partial charge in [0.05, 0.1) is 5.56 Å². The molecule has 1 amide bonds. The lowest BCUT2D eigenvalue weighted by Gasteiger charge is -2.18. The first-order chi connectivity index (χ1) is 10.2. The molecule has 3 heteroatoms. The summed E-state index contributed by atoms with van der Waals surface area (Å²) in [4.78, 5) is 12.6. The van der Waals surface area contributed by atoms with Gasteiger partial charge in [-0.15, -0.1) is 0 Å². The van der Waals surface area contributed by atoms with Crippen molar-refractivity contribution in [3.63, 3.8) is 0 Å². The molecule has 116 valence electrons. The Bertz CT molecular complexity index is 462. The first kappa shape index (κ1) is 15.9. The van der Waals surface area contributed by atoms with Gasteiger partial charge in [-0.1, -0.05) is 44.2 Å². The van der Waals surface area contributed by atoms with Gasteiger partial charge >= 0.3 is 0 Å². The Hall–Kier alpha value is -1.51. The zero-order valence-corrected chi connectivity index (χ0v) is 13.4. The van der Waals surface area contributed by atoms with Crippen LogP contribution in [0.3, 0.4) is 0 Å². The summed E-state index contributed by atoms with van der Waals surface area (Å²) in [7, 11) is 0. The van der Waals surface area contributed by atoms with Gasteiger partial charge in [0.15, 0.2) is 0 Å². The Morgan fingerprint density at radius 2 is 1.90 bits per heavy atom. The van der Waals surface area contributed by atoms with Crippen molar-refractivity contribution in [1.29, 1.82) is 0 Å². The Kier molecular flexibility index (Phi) is 6.09. The van der Waals surface area contributed by atoms with E-state index in [9.17, 15) is 4.79 Å². The minimum absolute atomic E-state index is 0.0733. The molecular weight excluding hydrogens is 260 g/mol. The van der Waals surface area contributed by atoms with Gasteiger partial charge in [-0.3, -0.25) is 4.79 Å². The first-order valence-electron chi connectivity index (χ1n) is 8.36. The van der Waals surface area contributed by atoms with Crippen LogP contribution in [0.4, 0.5) is 5.69 Å². The van der Waals surface area contributed by atoms with Crippen molar-refractivity contribution in [3.8, 4) is 0 Å².